The molecule has 27 heavy (non-hydrogen) atoms. The van der Waals surface area contributed by atoms with Crippen molar-refractivity contribution in [3.05, 3.63) is 89.2 Å². The Morgan fingerprint density at radius 1 is 1.00 bits per heavy atom. The summed E-state index contributed by atoms with van der Waals surface area (Å²) in [7, 11) is 0. The number of aryl methyl sites for hydroxylation is 1. The highest BCUT2D eigenvalue weighted by Gasteiger charge is 2.19. The molecule has 2 heterocycles. The van der Waals surface area contributed by atoms with Gasteiger partial charge in [0.15, 0.2) is 5.78 Å². The van der Waals surface area contributed by atoms with Gasteiger partial charge in [0.2, 0.25) is 5.91 Å². The van der Waals surface area contributed by atoms with Gasteiger partial charge in [0, 0.05) is 28.9 Å². The fourth-order valence-corrected chi connectivity index (χ4v) is 3.29. The van der Waals surface area contributed by atoms with Crippen molar-refractivity contribution in [3.63, 3.8) is 0 Å². The number of pyridine rings is 1. The van der Waals surface area contributed by atoms with Crippen molar-refractivity contribution >= 4 is 22.7 Å². The number of H-pyrrole nitrogens is 1. The van der Waals surface area contributed by atoms with Gasteiger partial charge in [-0.1, -0.05) is 36.4 Å². The minimum absolute atomic E-state index is 0.0698. The van der Waals surface area contributed by atoms with Crippen LogP contribution in [0.25, 0.3) is 22.2 Å². The molecule has 0 fully saturated rings. The van der Waals surface area contributed by atoms with Crippen LogP contribution in [-0.2, 0) is 0 Å². The number of benzene rings is 2. The van der Waals surface area contributed by atoms with Crippen molar-refractivity contribution in [2.75, 3.05) is 0 Å². The minimum atomic E-state index is -0.493. The zero-order valence-corrected chi connectivity index (χ0v) is 14.7. The smallest absolute Gasteiger partial charge is 0.248 e. The van der Waals surface area contributed by atoms with Crippen molar-refractivity contribution in [2.24, 2.45) is 5.73 Å². The van der Waals surface area contributed by atoms with E-state index in [1.807, 2.05) is 43.3 Å². The van der Waals surface area contributed by atoms with Crippen molar-refractivity contribution in [3.8, 4) is 11.1 Å². The molecule has 1 amide bonds. The number of amides is 1. The molecule has 2 aromatic heterocycles. The number of primary amides is 1. The molecule has 0 saturated carbocycles. The summed E-state index contributed by atoms with van der Waals surface area (Å²) in [6.07, 6.45) is 3.36. The number of aromatic amines is 1. The van der Waals surface area contributed by atoms with E-state index < -0.39 is 5.91 Å². The molecule has 2 aromatic carbocycles. The summed E-state index contributed by atoms with van der Waals surface area (Å²) < 4.78 is 0. The van der Waals surface area contributed by atoms with E-state index >= 15 is 0 Å². The summed E-state index contributed by atoms with van der Waals surface area (Å²) in [6, 6.07) is 16.4. The van der Waals surface area contributed by atoms with Crippen LogP contribution in [0.3, 0.4) is 0 Å². The third-order valence-corrected chi connectivity index (χ3v) is 4.67. The monoisotopic (exact) mass is 355 g/mol. The lowest BCUT2D eigenvalue weighted by Crippen LogP contribution is -2.10. The molecule has 132 valence electrons. The van der Waals surface area contributed by atoms with Crippen LogP contribution >= 0.6 is 0 Å². The fourth-order valence-electron chi connectivity index (χ4n) is 3.29. The highest BCUT2D eigenvalue weighted by atomic mass is 16.1. The summed E-state index contributed by atoms with van der Waals surface area (Å²) in [5, 5.41) is 0.729. The van der Waals surface area contributed by atoms with E-state index in [9.17, 15) is 9.59 Å². The molecule has 5 nitrogen and oxygen atoms in total. The third kappa shape index (κ3) is 2.89. The quantitative estimate of drug-likeness (QED) is 0.545. The Morgan fingerprint density at radius 3 is 2.59 bits per heavy atom. The second kappa shape index (κ2) is 6.53. The third-order valence-electron chi connectivity index (χ3n) is 4.67. The molecule has 0 unspecified atom stereocenters. The first-order valence-corrected chi connectivity index (χ1v) is 8.53. The van der Waals surface area contributed by atoms with Gasteiger partial charge in [-0.3, -0.25) is 9.59 Å². The predicted octanol–water partition coefficient (Wildman–Crippen LogP) is 3.87. The maximum Gasteiger partial charge on any atom is 0.248 e. The standard InChI is InChI=1S/C22H17N3O2/c1-13-5-2-3-8-16(13)20(26)18-12-25-22-19(18)17(9-10-24-22)14-6-4-7-15(11-14)21(23)27/h2-12H,1H3,(H2,23,27)(H,24,25). The van der Waals surface area contributed by atoms with Crippen LogP contribution in [0.4, 0.5) is 0 Å². The molecule has 0 aliphatic heterocycles. The Balaban J connectivity index is 1.93. The molecule has 0 aliphatic rings. The number of aromatic nitrogens is 2. The Hall–Kier alpha value is -3.73. The molecule has 5 heteroatoms. The van der Waals surface area contributed by atoms with Gasteiger partial charge in [-0.15, -0.1) is 0 Å². The number of nitrogens with two attached hydrogens (primary N) is 1. The van der Waals surface area contributed by atoms with E-state index in [4.69, 9.17) is 5.73 Å². The van der Waals surface area contributed by atoms with Crippen molar-refractivity contribution in [1.82, 2.24) is 9.97 Å². The number of rotatable bonds is 4. The van der Waals surface area contributed by atoms with Crippen LogP contribution in [0.2, 0.25) is 0 Å². The van der Waals surface area contributed by atoms with Crippen LogP contribution in [0.5, 0.6) is 0 Å². The number of nitrogens with zero attached hydrogens (tertiary/aromatic N) is 1. The number of ketones is 1. The lowest BCUT2D eigenvalue weighted by Gasteiger charge is -2.08. The Morgan fingerprint density at radius 2 is 1.81 bits per heavy atom. The number of carbonyl (C=O) groups excluding carboxylic acids is 2. The second-order valence-corrected chi connectivity index (χ2v) is 6.37. The number of carbonyl (C=O) groups is 2. The highest BCUT2D eigenvalue weighted by Crippen LogP contribution is 2.32. The summed E-state index contributed by atoms with van der Waals surface area (Å²) in [5.74, 6) is -0.563. The van der Waals surface area contributed by atoms with E-state index in [-0.39, 0.29) is 5.78 Å². The minimum Gasteiger partial charge on any atom is -0.366 e. The molecule has 0 atom stereocenters. The molecule has 0 radical (unpaired) electrons. The SMILES string of the molecule is Cc1ccccc1C(=O)c1c[nH]c2nccc(-c3cccc(C(N)=O)c3)c12. The first-order valence-electron chi connectivity index (χ1n) is 8.53. The number of fused-ring (bicyclic) bond motifs is 1. The van der Waals surface area contributed by atoms with Crippen molar-refractivity contribution in [1.29, 1.82) is 0 Å². The van der Waals surface area contributed by atoms with E-state index in [1.165, 1.54) is 0 Å². The molecule has 0 bridgehead atoms. The average Bonchev–Trinajstić information content (AvgIpc) is 3.12. The second-order valence-electron chi connectivity index (χ2n) is 6.37. The van der Waals surface area contributed by atoms with E-state index in [0.717, 1.165) is 22.1 Å². The molecule has 0 saturated heterocycles. The van der Waals surface area contributed by atoms with E-state index in [0.29, 0.717) is 22.3 Å². The number of hydrogen-bond donors (Lipinski definition) is 2. The van der Waals surface area contributed by atoms with Crippen molar-refractivity contribution < 1.29 is 9.59 Å². The number of hydrogen-bond acceptors (Lipinski definition) is 3. The van der Waals surface area contributed by atoms with Gasteiger partial charge in [-0.2, -0.15) is 0 Å². The van der Waals surface area contributed by atoms with Crippen LogP contribution in [0.15, 0.2) is 67.0 Å². The zero-order valence-electron chi connectivity index (χ0n) is 14.7. The first-order chi connectivity index (χ1) is 13.1. The average molecular weight is 355 g/mol. The summed E-state index contributed by atoms with van der Waals surface area (Å²) in [6.45, 7) is 1.91. The molecule has 4 aromatic rings. The van der Waals surface area contributed by atoms with E-state index in [1.54, 1.807) is 30.6 Å². The molecule has 0 aliphatic carbocycles. The van der Waals surface area contributed by atoms with Crippen molar-refractivity contribution in [2.45, 2.75) is 6.92 Å². The largest absolute Gasteiger partial charge is 0.366 e. The highest BCUT2D eigenvalue weighted by molar-refractivity contribution is 6.19. The van der Waals surface area contributed by atoms with Gasteiger partial charge >= 0.3 is 0 Å². The lowest BCUT2D eigenvalue weighted by molar-refractivity contribution is 0.0998. The Kier molecular flexibility index (Phi) is 4.05. The summed E-state index contributed by atoms with van der Waals surface area (Å²) in [4.78, 5) is 32.2. The normalized spacial score (nSPS) is 10.9. The van der Waals surface area contributed by atoms with Crippen LogP contribution in [0, 0.1) is 6.92 Å². The molecule has 0 spiro atoms. The molecular formula is C22H17N3O2. The Bertz CT molecular complexity index is 1190. The van der Waals surface area contributed by atoms with Gasteiger partial charge in [-0.05, 0) is 41.8 Å². The predicted molar refractivity (Wildman–Crippen MR) is 105 cm³/mol. The Labute approximate surface area is 155 Å². The molecule has 4 rings (SSSR count). The van der Waals surface area contributed by atoms with Crippen LogP contribution in [0.1, 0.15) is 31.8 Å². The zero-order chi connectivity index (χ0) is 19.0. The maximum absolute atomic E-state index is 13.2. The topological polar surface area (TPSA) is 88.8 Å². The summed E-state index contributed by atoms with van der Waals surface area (Å²) in [5.41, 5.74) is 10.2. The fraction of sp³-hybridized carbons (Fsp3) is 0.0455. The van der Waals surface area contributed by atoms with Gasteiger partial charge < -0.3 is 10.7 Å². The van der Waals surface area contributed by atoms with Crippen LogP contribution in [-0.4, -0.2) is 21.7 Å². The number of nitrogens with one attached hydrogen (secondary N) is 1. The summed E-state index contributed by atoms with van der Waals surface area (Å²) >= 11 is 0. The van der Waals surface area contributed by atoms with Gasteiger partial charge in [0.25, 0.3) is 0 Å². The van der Waals surface area contributed by atoms with E-state index in [2.05, 4.69) is 9.97 Å². The maximum atomic E-state index is 13.2. The van der Waals surface area contributed by atoms with Gasteiger partial charge in [0.05, 0.1) is 5.56 Å². The van der Waals surface area contributed by atoms with Gasteiger partial charge in [0.1, 0.15) is 5.65 Å². The lowest BCUT2D eigenvalue weighted by atomic mass is 9.95. The molecular weight excluding hydrogens is 338 g/mol. The molecule has 3 N–H and O–H groups in total. The first kappa shape index (κ1) is 16.7. The van der Waals surface area contributed by atoms with Gasteiger partial charge in [-0.25, -0.2) is 4.98 Å². The van der Waals surface area contributed by atoms with Crippen LogP contribution < -0.4 is 5.73 Å².